The van der Waals surface area contributed by atoms with Crippen LogP contribution in [0.15, 0.2) is 54.6 Å². The summed E-state index contributed by atoms with van der Waals surface area (Å²) in [7, 11) is 2.60. The molecule has 3 aliphatic heterocycles. The van der Waals surface area contributed by atoms with Gasteiger partial charge in [-0.25, -0.2) is 19.6 Å². The minimum atomic E-state index is -0.693. The molecule has 5 unspecified atom stereocenters. The van der Waals surface area contributed by atoms with Crippen LogP contribution >= 0.6 is 0 Å². The molecule has 0 bridgehead atoms. The van der Waals surface area contributed by atoms with Gasteiger partial charge < -0.3 is 50.2 Å². The molecule has 3 aromatic carbocycles. The van der Waals surface area contributed by atoms with Crippen LogP contribution in [0.2, 0.25) is 0 Å². The van der Waals surface area contributed by atoms with Crippen molar-refractivity contribution in [1.29, 1.82) is 0 Å². The molecule has 5 atom stereocenters. The molecular weight excluding hydrogens is 801 g/mol. The highest BCUT2D eigenvalue weighted by Gasteiger charge is 2.39. The van der Waals surface area contributed by atoms with Gasteiger partial charge in [-0.1, -0.05) is 39.8 Å². The fourth-order valence-electron chi connectivity index (χ4n) is 9.72. The average molecular weight is 857 g/mol. The van der Waals surface area contributed by atoms with E-state index in [2.05, 4.69) is 79.4 Å². The lowest BCUT2D eigenvalue weighted by Gasteiger charge is -2.29. The molecule has 330 valence electrons. The molecule has 9 rings (SSSR count). The molecule has 0 saturated carbocycles. The molecule has 16 heteroatoms. The number of carbonyl (C=O) groups is 4. The van der Waals surface area contributed by atoms with E-state index in [-0.39, 0.29) is 41.7 Å². The molecule has 3 aliphatic rings. The van der Waals surface area contributed by atoms with E-state index in [4.69, 9.17) is 19.4 Å². The number of anilines is 1. The Morgan fingerprint density at radius 2 is 1.27 bits per heavy atom. The minimum Gasteiger partial charge on any atom is -0.453 e. The first-order valence-electron chi connectivity index (χ1n) is 22.1. The van der Waals surface area contributed by atoms with Gasteiger partial charge in [-0.15, -0.1) is 0 Å². The van der Waals surface area contributed by atoms with E-state index >= 15 is 0 Å². The number of hydrogen-bond donors (Lipinski definition) is 6. The van der Waals surface area contributed by atoms with Crippen molar-refractivity contribution in [3.8, 4) is 11.3 Å². The maximum absolute atomic E-state index is 13.7. The number of nitrogens with one attached hydrogen (secondary N) is 6. The molecule has 6 N–H and O–H groups in total. The number of imidazole rings is 2. The highest BCUT2D eigenvalue weighted by atomic mass is 16.5. The number of benzene rings is 3. The number of H-pyrrole nitrogens is 3. The Morgan fingerprint density at radius 3 is 1.84 bits per heavy atom. The zero-order valence-corrected chi connectivity index (χ0v) is 36.6. The van der Waals surface area contributed by atoms with Crippen LogP contribution in [0.3, 0.4) is 0 Å². The van der Waals surface area contributed by atoms with Crippen LogP contribution in [-0.4, -0.2) is 105 Å². The Bertz CT molecular complexity index is 2720. The second kappa shape index (κ2) is 16.9. The summed E-state index contributed by atoms with van der Waals surface area (Å²) in [6.45, 7) is 9.64. The molecular formula is C47H56N10O6. The molecule has 6 aromatic rings. The van der Waals surface area contributed by atoms with Gasteiger partial charge in [-0.3, -0.25) is 9.59 Å². The van der Waals surface area contributed by atoms with Gasteiger partial charge in [0.15, 0.2) is 0 Å². The lowest BCUT2D eigenvalue weighted by atomic mass is 9.87. The summed E-state index contributed by atoms with van der Waals surface area (Å²) in [5.41, 5.74) is 10.2. The molecule has 4 amide bonds. The number of nitrogens with zero attached hydrogens (tertiary/aromatic N) is 4. The van der Waals surface area contributed by atoms with Crippen molar-refractivity contribution in [2.45, 2.75) is 89.9 Å². The van der Waals surface area contributed by atoms with Crippen molar-refractivity contribution >= 4 is 62.7 Å². The number of alkyl carbamates (subject to hydrolysis) is 2. The summed E-state index contributed by atoms with van der Waals surface area (Å²) < 4.78 is 9.59. The van der Waals surface area contributed by atoms with E-state index < -0.39 is 24.3 Å². The average Bonchev–Trinajstić information content (AvgIpc) is 4.14. The maximum Gasteiger partial charge on any atom is 0.407 e. The van der Waals surface area contributed by atoms with Crippen molar-refractivity contribution in [2.75, 3.05) is 39.2 Å². The van der Waals surface area contributed by atoms with Crippen molar-refractivity contribution in [3.63, 3.8) is 0 Å². The molecule has 0 radical (unpaired) electrons. The molecule has 0 spiro atoms. The summed E-state index contributed by atoms with van der Waals surface area (Å²) in [6, 6.07) is 17.5. The van der Waals surface area contributed by atoms with Crippen molar-refractivity contribution in [1.82, 2.24) is 45.4 Å². The zero-order valence-electron chi connectivity index (χ0n) is 36.6. The van der Waals surface area contributed by atoms with Gasteiger partial charge in [-0.2, -0.15) is 0 Å². The number of ether oxygens (including phenoxy) is 2. The van der Waals surface area contributed by atoms with Crippen molar-refractivity contribution in [3.05, 3.63) is 77.4 Å². The third kappa shape index (κ3) is 8.02. The summed E-state index contributed by atoms with van der Waals surface area (Å²) in [5.74, 6) is 1.26. The van der Waals surface area contributed by atoms with Gasteiger partial charge in [0.2, 0.25) is 11.8 Å². The monoisotopic (exact) mass is 856 g/mol. The number of fused-ring (bicyclic) bond motifs is 4. The standard InChI is InChI=1S/C47H56N10O6/c1-24(2)40(54-46(60)62-5)44(58)56-15-7-9-38(56)42-50-31-13-11-26(18-36(31)52-42)30-17-28-21-35-29(20-33(28)48-23-30)22-34(49-35)27-12-14-32-37(19-27)53-43(51-32)39-10-8-16-57(39)45(59)41(25(3)4)55-47(61)63-6/h11-14,18-22,24-25,30,38-41,48-49H,7-10,15-17,23H2,1-6H3,(H,50,52)(H,51,53)(H,54,60)(H,55,61). The van der Waals surface area contributed by atoms with E-state index in [0.717, 1.165) is 100 Å². The molecule has 63 heavy (non-hydrogen) atoms. The summed E-state index contributed by atoms with van der Waals surface area (Å²) in [5, 5.41) is 10.3. The van der Waals surface area contributed by atoms with Gasteiger partial charge in [0.25, 0.3) is 0 Å². The molecule has 0 aliphatic carbocycles. The first kappa shape index (κ1) is 41.8. The van der Waals surface area contributed by atoms with Crippen LogP contribution in [0.4, 0.5) is 15.3 Å². The Kier molecular flexibility index (Phi) is 11.2. The number of methoxy groups -OCH3 is 2. The molecule has 2 saturated heterocycles. The van der Waals surface area contributed by atoms with Crippen LogP contribution in [0.5, 0.6) is 0 Å². The van der Waals surface area contributed by atoms with Crippen LogP contribution in [0.25, 0.3) is 44.2 Å². The Hall–Kier alpha value is -6.58. The number of likely N-dealkylation sites (tertiary alicyclic amines) is 2. The van der Waals surface area contributed by atoms with Gasteiger partial charge >= 0.3 is 12.2 Å². The van der Waals surface area contributed by atoms with Gasteiger partial charge in [0.1, 0.15) is 23.7 Å². The summed E-state index contributed by atoms with van der Waals surface area (Å²) in [4.78, 5) is 75.8. The smallest absolute Gasteiger partial charge is 0.407 e. The Balaban J connectivity index is 0.905. The summed E-state index contributed by atoms with van der Waals surface area (Å²) >= 11 is 0. The molecule has 3 aromatic heterocycles. The van der Waals surface area contributed by atoms with E-state index in [0.29, 0.717) is 13.1 Å². The normalized spacial score (nSPS) is 19.7. The van der Waals surface area contributed by atoms with Crippen LogP contribution in [0.1, 0.15) is 94.2 Å². The van der Waals surface area contributed by atoms with E-state index in [9.17, 15) is 19.2 Å². The molecule has 16 nitrogen and oxygen atoms in total. The maximum atomic E-state index is 13.7. The van der Waals surface area contributed by atoms with Crippen molar-refractivity contribution in [2.24, 2.45) is 11.8 Å². The number of carbonyl (C=O) groups excluding carboxylic acids is 4. The third-order valence-corrected chi connectivity index (χ3v) is 13.1. The number of hydrogen-bond acceptors (Lipinski definition) is 9. The fourth-order valence-corrected chi connectivity index (χ4v) is 9.72. The van der Waals surface area contributed by atoms with E-state index in [1.807, 2.05) is 43.6 Å². The minimum absolute atomic E-state index is 0.105. The highest BCUT2D eigenvalue weighted by molar-refractivity contribution is 5.92. The second-order valence-electron chi connectivity index (χ2n) is 17.9. The van der Waals surface area contributed by atoms with Crippen LogP contribution < -0.4 is 16.0 Å². The predicted octanol–water partition coefficient (Wildman–Crippen LogP) is 7.43. The quantitative estimate of drug-likeness (QED) is 0.0810. The summed E-state index contributed by atoms with van der Waals surface area (Å²) in [6.07, 6.45) is 2.91. The fraction of sp³-hybridized carbons (Fsp3) is 0.447. The lowest BCUT2D eigenvalue weighted by Crippen LogP contribution is -2.51. The number of aromatic amines is 3. The third-order valence-electron chi connectivity index (χ3n) is 13.1. The van der Waals surface area contributed by atoms with Crippen molar-refractivity contribution < 1.29 is 28.7 Å². The topological polar surface area (TPSA) is 202 Å². The molecule has 2 fully saturated rings. The second-order valence-corrected chi connectivity index (χ2v) is 17.9. The number of aromatic nitrogens is 5. The zero-order chi connectivity index (χ0) is 44.1. The van der Waals surface area contributed by atoms with Crippen LogP contribution in [-0.2, 0) is 25.5 Å². The number of rotatable bonds is 10. The Labute approximate surface area is 365 Å². The number of amides is 4. The first-order chi connectivity index (χ1) is 30.4. The Morgan fingerprint density at radius 1 is 0.698 bits per heavy atom. The first-order valence-corrected chi connectivity index (χ1v) is 22.1. The molecule has 6 heterocycles. The van der Waals surface area contributed by atoms with E-state index in [1.165, 1.54) is 25.3 Å². The van der Waals surface area contributed by atoms with Crippen LogP contribution in [0, 0.1) is 11.8 Å². The largest absolute Gasteiger partial charge is 0.453 e. The van der Waals surface area contributed by atoms with Gasteiger partial charge in [0.05, 0.1) is 48.4 Å². The van der Waals surface area contributed by atoms with Gasteiger partial charge in [0, 0.05) is 53.4 Å². The van der Waals surface area contributed by atoms with E-state index in [1.54, 1.807) is 0 Å². The predicted molar refractivity (Wildman–Crippen MR) is 240 cm³/mol. The SMILES string of the molecule is COC(=O)NC(C(=O)N1CCCC1c1nc2ccc(-c3cc4cc5c(cc4[nH]3)CC(c3ccc4nc(C6CCCN6C(=O)C(NC(=O)OC)C(C)C)[nH]c4c3)CN5)cc2[nH]1)C(C)C. The highest BCUT2D eigenvalue weighted by Crippen LogP contribution is 2.38. The van der Waals surface area contributed by atoms with Gasteiger partial charge in [-0.05, 0) is 97.5 Å². The lowest BCUT2D eigenvalue weighted by molar-refractivity contribution is -0.136.